The fourth-order valence-electron chi connectivity index (χ4n) is 2.60. The molecule has 1 aliphatic rings. The van der Waals surface area contributed by atoms with E-state index in [9.17, 15) is 18.3 Å². The number of aliphatic hydroxyl groups is 1. The largest absolute Gasteiger partial charge is 0.390 e. The molecule has 1 fully saturated rings. The van der Waals surface area contributed by atoms with Crippen molar-refractivity contribution in [2.45, 2.75) is 19.1 Å². The van der Waals surface area contributed by atoms with Crippen LogP contribution in [0.2, 0.25) is 10.0 Å². The first-order valence-corrected chi connectivity index (χ1v) is 9.67. The van der Waals surface area contributed by atoms with E-state index < -0.39 is 22.0 Å². The van der Waals surface area contributed by atoms with Crippen molar-refractivity contribution in [2.24, 2.45) is 0 Å². The van der Waals surface area contributed by atoms with Crippen molar-refractivity contribution in [1.82, 2.24) is 4.90 Å². The number of anilines is 1. The first-order valence-electron chi connectivity index (χ1n) is 7.10. The summed E-state index contributed by atoms with van der Waals surface area (Å²) in [6.45, 7) is 2.20. The van der Waals surface area contributed by atoms with E-state index in [-0.39, 0.29) is 29.0 Å². The standard InChI is InChI=1S/C14H18Cl2N2O4S/c1-2-18(11-7-23(21,22)8-12(11)19)6-13(20)17-10-5-3-4-9(15)14(10)16/h3-5,11-12,19H,2,6-8H2,1H3,(H,17,20). The molecule has 23 heavy (non-hydrogen) atoms. The molecule has 0 bridgehead atoms. The molecule has 0 aromatic heterocycles. The highest BCUT2D eigenvalue weighted by Gasteiger charge is 2.39. The molecule has 9 heteroatoms. The van der Waals surface area contributed by atoms with Crippen molar-refractivity contribution < 1.29 is 18.3 Å². The smallest absolute Gasteiger partial charge is 0.238 e. The number of likely N-dealkylation sites (N-methyl/N-ethyl adjacent to an activating group) is 1. The summed E-state index contributed by atoms with van der Waals surface area (Å²) in [5, 5.41) is 13.1. The zero-order valence-corrected chi connectivity index (χ0v) is 14.8. The summed E-state index contributed by atoms with van der Waals surface area (Å²) >= 11 is 11.9. The van der Waals surface area contributed by atoms with Gasteiger partial charge < -0.3 is 10.4 Å². The Morgan fingerprint density at radius 1 is 1.39 bits per heavy atom. The molecule has 1 heterocycles. The van der Waals surface area contributed by atoms with Gasteiger partial charge in [-0.15, -0.1) is 0 Å². The number of nitrogens with zero attached hydrogens (tertiary/aromatic N) is 1. The third-order valence-corrected chi connectivity index (χ3v) is 6.26. The van der Waals surface area contributed by atoms with Gasteiger partial charge in [0.25, 0.3) is 0 Å². The normalized spacial score (nSPS) is 23.2. The maximum absolute atomic E-state index is 12.2. The van der Waals surface area contributed by atoms with Gasteiger partial charge in [0.2, 0.25) is 5.91 Å². The second kappa shape index (κ2) is 7.36. The highest BCUT2D eigenvalue weighted by Crippen LogP contribution is 2.29. The molecule has 2 atom stereocenters. The van der Waals surface area contributed by atoms with Gasteiger partial charge in [-0.3, -0.25) is 9.69 Å². The van der Waals surface area contributed by atoms with Crippen LogP contribution in [-0.4, -0.2) is 61.1 Å². The van der Waals surface area contributed by atoms with E-state index in [4.69, 9.17) is 23.2 Å². The maximum atomic E-state index is 12.2. The Labute approximate surface area is 145 Å². The lowest BCUT2D eigenvalue weighted by molar-refractivity contribution is -0.118. The third-order valence-electron chi connectivity index (χ3n) is 3.74. The molecular weight excluding hydrogens is 363 g/mol. The maximum Gasteiger partial charge on any atom is 0.238 e. The predicted octanol–water partition coefficient (Wildman–Crippen LogP) is 1.41. The van der Waals surface area contributed by atoms with E-state index in [1.807, 2.05) is 0 Å². The van der Waals surface area contributed by atoms with E-state index in [1.165, 1.54) is 0 Å². The number of benzene rings is 1. The van der Waals surface area contributed by atoms with Gasteiger partial charge in [0, 0.05) is 0 Å². The molecule has 1 aliphatic heterocycles. The minimum atomic E-state index is -3.27. The van der Waals surface area contributed by atoms with Gasteiger partial charge in [0.05, 0.1) is 45.9 Å². The van der Waals surface area contributed by atoms with E-state index >= 15 is 0 Å². The fraction of sp³-hybridized carbons (Fsp3) is 0.500. The first-order chi connectivity index (χ1) is 10.7. The number of aliphatic hydroxyl groups excluding tert-OH is 1. The van der Waals surface area contributed by atoms with Crippen molar-refractivity contribution >= 4 is 44.6 Å². The summed E-state index contributed by atoms with van der Waals surface area (Å²) < 4.78 is 23.2. The number of sulfone groups is 1. The lowest BCUT2D eigenvalue weighted by atomic mass is 10.2. The SMILES string of the molecule is CCN(CC(=O)Nc1cccc(Cl)c1Cl)C1CS(=O)(=O)CC1O. The molecule has 1 aromatic carbocycles. The van der Waals surface area contributed by atoms with Crippen LogP contribution in [0.15, 0.2) is 18.2 Å². The molecular formula is C14H18Cl2N2O4S. The lowest BCUT2D eigenvalue weighted by Gasteiger charge is -2.28. The minimum absolute atomic E-state index is 0.0451. The quantitative estimate of drug-likeness (QED) is 0.806. The van der Waals surface area contributed by atoms with Crippen LogP contribution in [0.4, 0.5) is 5.69 Å². The van der Waals surface area contributed by atoms with Gasteiger partial charge in [-0.2, -0.15) is 0 Å². The molecule has 0 radical (unpaired) electrons. The molecule has 1 saturated heterocycles. The van der Waals surface area contributed by atoms with Crippen molar-refractivity contribution in [3.63, 3.8) is 0 Å². The molecule has 0 saturated carbocycles. The van der Waals surface area contributed by atoms with Crippen LogP contribution in [0.5, 0.6) is 0 Å². The molecule has 0 aliphatic carbocycles. The number of hydrogen-bond donors (Lipinski definition) is 2. The van der Waals surface area contributed by atoms with Gasteiger partial charge in [0.1, 0.15) is 0 Å². The Hall–Kier alpha value is -0.860. The van der Waals surface area contributed by atoms with Crippen LogP contribution in [-0.2, 0) is 14.6 Å². The number of carbonyl (C=O) groups excluding carboxylic acids is 1. The van der Waals surface area contributed by atoms with E-state index in [1.54, 1.807) is 30.0 Å². The molecule has 2 N–H and O–H groups in total. The Morgan fingerprint density at radius 3 is 2.65 bits per heavy atom. The molecule has 128 valence electrons. The monoisotopic (exact) mass is 380 g/mol. The van der Waals surface area contributed by atoms with Gasteiger partial charge in [0.15, 0.2) is 9.84 Å². The molecule has 1 aromatic rings. The average molecular weight is 381 g/mol. The Morgan fingerprint density at radius 2 is 2.09 bits per heavy atom. The number of hydrogen-bond acceptors (Lipinski definition) is 5. The summed E-state index contributed by atoms with van der Waals surface area (Å²) in [6.07, 6.45) is -0.984. The fourth-order valence-corrected chi connectivity index (χ4v) is 4.78. The number of carbonyl (C=O) groups is 1. The van der Waals surface area contributed by atoms with Crippen molar-refractivity contribution in [1.29, 1.82) is 0 Å². The Bertz CT molecular complexity index is 696. The minimum Gasteiger partial charge on any atom is -0.390 e. The summed E-state index contributed by atoms with van der Waals surface area (Å²) in [4.78, 5) is 13.8. The molecule has 6 nitrogen and oxygen atoms in total. The highest BCUT2D eigenvalue weighted by atomic mass is 35.5. The zero-order valence-electron chi connectivity index (χ0n) is 12.5. The zero-order chi connectivity index (χ0) is 17.2. The number of rotatable bonds is 5. The van der Waals surface area contributed by atoms with Crippen molar-refractivity contribution in [2.75, 3.05) is 29.9 Å². The van der Waals surface area contributed by atoms with Crippen LogP contribution in [0.25, 0.3) is 0 Å². The van der Waals surface area contributed by atoms with E-state index in [0.717, 1.165) is 0 Å². The van der Waals surface area contributed by atoms with Crippen molar-refractivity contribution in [3.8, 4) is 0 Å². The van der Waals surface area contributed by atoms with Crippen LogP contribution in [0.3, 0.4) is 0 Å². The molecule has 0 spiro atoms. The first kappa shape index (κ1) is 18.5. The van der Waals surface area contributed by atoms with Gasteiger partial charge >= 0.3 is 0 Å². The number of amides is 1. The van der Waals surface area contributed by atoms with Crippen LogP contribution >= 0.6 is 23.2 Å². The number of halogens is 2. The average Bonchev–Trinajstić information content (AvgIpc) is 2.74. The van der Waals surface area contributed by atoms with Crippen LogP contribution in [0.1, 0.15) is 6.92 Å². The van der Waals surface area contributed by atoms with Gasteiger partial charge in [-0.05, 0) is 18.7 Å². The molecule has 2 unspecified atom stereocenters. The summed E-state index contributed by atoms with van der Waals surface area (Å²) in [5.41, 5.74) is 0.389. The Kier molecular flexibility index (Phi) is 5.91. The van der Waals surface area contributed by atoms with Gasteiger partial charge in [-0.25, -0.2) is 8.42 Å². The Balaban J connectivity index is 2.04. The number of nitrogens with one attached hydrogen (secondary N) is 1. The van der Waals surface area contributed by atoms with E-state index in [0.29, 0.717) is 17.3 Å². The summed E-state index contributed by atoms with van der Waals surface area (Å²) in [6, 6.07) is 4.31. The van der Waals surface area contributed by atoms with Crippen LogP contribution in [0, 0.1) is 0 Å². The second-order valence-corrected chi connectivity index (χ2v) is 8.36. The summed E-state index contributed by atoms with van der Waals surface area (Å²) in [5.74, 6) is -0.768. The topological polar surface area (TPSA) is 86.7 Å². The lowest BCUT2D eigenvalue weighted by Crippen LogP contribution is -2.46. The summed E-state index contributed by atoms with van der Waals surface area (Å²) in [7, 11) is -3.27. The molecule has 2 rings (SSSR count). The molecule has 1 amide bonds. The predicted molar refractivity (Wildman–Crippen MR) is 90.8 cm³/mol. The van der Waals surface area contributed by atoms with Crippen LogP contribution < -0.4 is 5.32 Å². The van der Waals surface area contributed by atoms with Gasteiger partial charge in [-0.1, -0.05) is 36.2 Å². The van der Waals surface area contributed by atoms with Crippen molar-refractivity contribution in [3.05, 3.63) is 28.2 Å². The second-order valence-electron chi connectivity index (χ2n) is 5.42. The van der Waals surface area contributed by atoms with E-state index in [2.05, 4.69) is 5.32 Å². The third kappa shape index (κ3) is 4.58. The highest BCUT2D eigenvalue weighted by molar-refractivity contribution is 7.91.